The Balaban J connectivity index is 1.04. The summed E-state index contributed by atoms with van der Waals surface area (Å²) in [6.07, 6.45) is 1.04. The van der Waals surface area contributed by atoms with E-state index >= 15 is 0 Å². The molecule has 3 atom stereocenters. The lowest BCUT2D eigenvalue weighted by molar-refractivity contribution is -0.137. The minimum Gasteiger partial charge on any atom is -0.388 e. The number of aliphatic hydroxyl groups excluding tert-OH is 1. The number of benzene rings is 1. The number of H-pyrrole nitrogens is 1. The number of ether oxygens (including phenoxy) is 1. The van der Waals surface area contributed by atoms with Crippen LogP contribution in [0.4, 0.5) is 19.0 Å². The third-order valence-corrected chi connectivity index (χ3v) is 8.61. The normalized spacial score (nSPS) is 25.1. The minimum atomic E-state index is -4.51. The number of hydrogen-bond donors (Lipinski definition) is 3. The number of fused-ring (bicyclic) bond motifs is 2. The van der Waals surface area contributed by atoms with Crippen molar-refractivity contribution >= 4 is 39.6 Å². The van der Waals surface area contributed by atoms with Gasteiger partial charge in [-0.1, -0.05) is 11.6 Å². The van der Waals surface area contributed by atoms with E-state index in [4.69, 9.17) is 22.1 Å². The van der Waals surface area contributed by atoms with Gasteiger partial charge in [0.25, 0.3) is 0 Å². The van der Waals surface area contributed by atoms with Crippen LogP contribution in [0.25, 0.3) is 22.2 Å². The van der Waals surface area contributed by atoms with Gasteiger partial charge < -0.3 is 20.6 Å². The van der Waals surface area contributed by atoms with Crippen molar-refractivity contribution in [3.05, 3.63) is 41.2 Å². The quantitative estimate of drug-likeness (QED) is 0.268. The Hall–Kier alpha value is -3.00. The van der Waals surface area contributed by atoms with Crippen LogP contribution in [0.1, 0.15) is 57.1 Å². The van der Waals surface area contributed by atoms with E-state index in [2.05, 4.69) is 43.7 Å². The van der Waals surface area contributed by atoms with Crippen LogP contribution in [0.15, 0.2) is 24.8 Å². The van der Waals surface area contributed by atoms with E-state index in [9.17, 15) is 18.3 Å². The Labute approximate surface area is 239 Å². The van der Waals surface area contributed by atoms with Crippen LogP contribution < -0.4 is 5.73 Å². The lowest BCUT2D eigenvalue weighted by Gasteiger charge is -2.46. The second kappa shape index (κ2) is 10.7. The van der Waals surface area contributed by atoms with Crippen molar-refractivity contribution in [3.8, 4) is 0 Å². The van der Waals surface area contributed by atoms with Crippen molar-refractivity contribution in [2.24, 2.45) is 5.92 Å². The number of aromatic amines is 1. The molecular formula is C27H32ClF3N8O2. The molecule has 0 bridgehead atoms. The highest BCUT2D eigenvalue weighted by molar-refractivity contribution is 6.32. The van der Waals surface area contributed by atoms with E-state index in [-0.39, 0.29) is 16.9 Å². The number of nitrogens with two attached hydrogens (primary N) is 1. The summed E-state index contributed by atoms with van der Waals surface area (Å²) < 4.78 is 47.6. The molecule has 4 aromatic rings. The Morgan fingerprint density at radius 1 is 1.22 bits per heavy atom. The number of aromatic nitrogens is 6. The molecule has 0 radical (unpaired) electrons. The van der Waals surface area contributed by atoms with Gasteiger partial charge in [-0.3, -0.25) is 9.47 Å². The average Bonchev–Trinajstić information content (AvgIpc) is 3.57. The Morgan fingerprint density at radius 3 is 2.73 bits per heavy atom. The van der Waals surface area contributed by atoms with E-state index in [0.29, 0.717) is 65.4 Å². The minimum absolute atomic E-state index is 0.156. The molecule has 4 N–H and O–H groups in total. The molecule has 41 heavy (non-hydrogen) atoms. The standard InChI is InChI=1S/C27H32ClF3N8O2/c1-13(2)38(10-16-7-21(40)26(41-16)39-12-35-23-24(32)33-11-34-25(23)39)15-5-14(6-15)3-4-22-36-19-8-17(27(29,30)31)18(28)9-20(19)37-22/h8-9,11-16,21,26,40H,3-7,10H2,1-2H3,(H,36,37)(H2,32,33,34)/t14-,15+,16-,21+,26+/m0/s1. The first-order chi connectivity index (χ1) is 19.5. The van der Waals surface area contributed by atoms with Gasteiger partial charge in [-0.15, -0.1) is 0 Å². The molecule has 2 fully saturated rings. The highest BCUT2D eigenvalue weighted by Crippen LogP contribution is 2.39. The molecule has 1 aromatic carbocycles. The second-order valence-corrected chi connectivity index (χ2v) is 11.8. The third-order valence-electron chi connectivity index (χ3n) is 8.30. The van der Waals surface area contributed by atoms with E-state index in [1.54, 1.807) is 10.9 Å². The van der Waals surface area contributed by atoms with Crippen LogP contribution in [-0.2, 0) is 17.3 Å². The van der Waals surface area contributed by atoms with Gasteiger partial charge in [0.2, 0.25) is 0 Å². The predicted molar refractivity (Wildman–Crippen MR) is 147 cm³/mol. The number of aliphatic hydroxyl groups is 1. The third kappa shape index (κ3) is 5.47. The highest BCUT2D eigenvalue weighted by Gasteiger charge is 2.41. The van der Waals surface area contributed by atoms with Crippen molar-refractivity contribution in [2.75, 3.05) is 12.3 Å². The van der Waals surface area contributed by atoms with Gasteiger partial charge in [-0.05, 0) is 51.2 Å². The molecule has 0 unspecified atom stereocenters. The van der Waals surface area contributed by atoms with Crippen molar-refractivity contribution < 1.29 is 23.0 Å². The lowest BCUT2D eigenvalue weighted by Crippen LogP contribution is -2.50. The largest absolute Gasteiger partial charge is 0.417 e. The molecule has 1 aliphatic carbocycles. The van der Waals surface area contributed by atoms with Crippen LogP contribution in [0.5, 0.6) is 0 Å². The summed E-state index contributed by atoms with van der Waals surface area (Å²) in [4.78, 5) is 22.5. The molecule has 4 heterocycles. The number of rotatable bonds is 8. The van der Waals surface area contributed by atoms with Crippen LogP contribution in [0, 0.1) is 5.92 Å². The molecule has 0 spiro atoms. The first-order valence-corrected chi connectivity index (χ1v) is 14.1. The molecule has 0 amide bonds. The van der Waals surface area contributed by atoms with Crippen LogP contribution in [0.2, 0.25) is 5.02 Å². The molecule has 2 aliphatic rings. The Kier molecular flexibility index (Phi) is 7.33. The van der Waals surface area contributed by atoms with E-state index < -0.39 is 24.1 Å². The van der Waals surface area contributed by atoms with Gasteiger partial charge in [0.1, 0.15) is 23.8 Å². The summed E-state index contributed by atoms with van der Waals surface area (Å²) in [5, 5.41) is 10.5. The number of halogens is 4. The molecule has 14 heteroatoms. The number of nitrogens with zero attached hydrogens (tertiary/aromatic N) is 6. The van der Waals surface area contributed by atoms with Gasteiger partial charge in [0.15, 0.2) is 17.7 Å². The molecule has 1 saturated heterocycles. The van der Waals surface area contributed by atoms with Gasteiger partial charge in [0.05, 0.1) is 34.1 Å². The monoisotopic (exact) mass is 592 g/mol. The van der Waals surface area contributed by atoms with Crippen molar-refractivity contribution in [1.82, 2.24) is 34.4 Å². The van der Waals surface area contributed by atoms with Crippen LogP contribution >= 0.6 is 11.6 Å². The maximum absolute atomic E-state index is 13.2. The smallest absolute Gasteiger partial charge is 0.388 e. The zero-order valence-corrected chi connectivity index (χ0v) is 23.4. The number of nitrogen functional groups attached to an aromatic ring is 1. The van der Waals surface area contributed by atoms with Gasteiger partial charge >= 0.3 is 6.18 Å². The van der Waals surface area contributed by atoms with Crippen molar-refractivity contribution in [3.63, 3.8) is 0 Å². The fraction of sp³-hybridized carbons (Fsp3) is 0.556. The summed E-state index contributed by atoms with van der Waals surface area (Å²) in [5.41, 5.74) is 6.83. The fourth-order valence-electron chi connectivity index (χ4n) is 6.14. The molecule has 10 nitrogen and oxygen atoms in total. The maximum atomic E-state index is 13.2. The molecule has 220 valence electrons. The van der Waals surface area contributed by atoms with Gasteiger partial charge in [-0.2, -0.15) is 13.2 Å². The fourth-order valence-corrected chi connectivity index (χ4v) is 6.40. The SMILES string of the molecule is CC(C)N(C[C@@H]1C[C@@H](O)[C@H](n2cnc3c(N)ncnc32)O1)[C@H]1C[C@@H](CCc2nc3cc(Cl)c(C(F)(F)F)cc3[nH]2)C1. The predicted octanol–water partition coefficient (Wildman–Crippen LogP) is 4.73. The lowest BCUT2D eigenvalue weighted by atomic mass is 9.76. The average molecular weight is 593 g/mol. The molecule has 1 aliphatic heterocycles. The zero-order chi connectivity index (χ0) is 29.1. The zero-order valence-electron chi connectivity index (χ0n) is 22.6. The number of anilines is 1. The number of nitrogens with one attached hydrogen (secondary N) is 1. The number of aryl methyl sites for hydroxylation is 1. The van der Waals surface area contributed by atoms with E-state index in [0.717, 1.165) is 25.3 Å². The topological polar surface area (TPSA) is 131 Å². The van der Waals surface area contributed by atoms with E-state index in [1.807, 2.05) is 0 Å². The number of alkyl halides is 3. The summed E-state index contributed by atoms with van der Waals surface area (Å²) in [6.45, 7) is 5.01. The van der Waals surface area contributed by atoms with Crippen molar-refractivity contribution in [1.29, 1.82) is 0 Å². The molecular weight excluding hydrogens is 561 g/mol. The summed E-state index contributed by atoms with van der Waals surface area (Å²) >= 11 is 5.84. The first-order valence-electron chi connectivity index (χ1n) is 13.8. The van der Waals surface area contributed by atoms with Crippen LogP contribution in [-0.4, -0.2) is 70.3 Å². The highest BCUT2D eigenvalue weighted by atomic mass is 35.5. The second-order valence-electron chi connectivity index (χ2n) is 11.4. The number of imidazole rings is 2. The molecule has 3 aromatic heterocycles. The summed E-state index contributed by atoms with van der Waals surface area (Å²) in [6, 6.07) is 2.99. The molecule has 1 saturated carbocycles. The van der Waals surface area contributed by atoms with Crippen molar-refractivity contribution in [2.45, 2.75) is 82.6 Å². The Bertz CT molecular complexity index is 1550. The summed E-state index contributed by atoms with van der Waals surface area (Å²) in [7, 11) is 0. The van der Waals surface area contributed by atoms with Crippen LogP contribution in [0.3, 0.4) is 0 Å². The summed E-state index contributed by atoms with van der Waals surface area (Å²) in [5.74, 6) is 1.44. The van der Waals surface area contributed by atoms with Gasteiger partial charge in [-0.25, -0.2) is 19.9 Å². The maximum Gasteiger partial charge on any atom is 0.417 e. The molecule has 6 rings (SSSR count). The van der Waals surface area contributed by atoms with Gasteiger partial charge in [0, 0.05) is 31.5 Å². The Morgan fingerprint density at radius 2 is 2.00 bits per heavy atom. The number of hydrogen-bond acceptors (Lipinski definition) is 8. The van der Waals surface area contributed by atoms with E-state index in [1.165, 1.54) is 12.4 Å². The first kappa shape index (κ1) is 28.1.